The highest BCUT2D eigenvalue weighted by atomic mass is 16.7. The maximum atomic E-state index is 12.3. The average Bonchev–Trinajstić information content (AvgIpc) is 3.19. The summed E-state index contributed by atoms with van der Waals surface area (Å²) in [5.41, 5.74) is 8.30. The molecule has 0 aliphatic rings. The van der Waals surface area contributed by atoms with Crippen molar-refractivity contribution >= 4 is 29.7 Å². The van der Waals surface area contributed by atoms with Gasteiger partial charge in [0.25, 0.3) is 0 Å². The van der Waals surface area contributed by atoms with Crippen molar-refractivity contribution in [2.45, 2.75) is 26.4 Å². The highest BCUT2D eigenvalue weighted by molar-refractivity contribution is 5.86. The molecule has 0 aromatic heterocycles. The molecule has 0 unspecified atom stereocenters. The zero-order chi connectivity index (χ0) is 36.0. The molecule has 0 aliphatic carbocycles. The predicted octanol–water partition coefficient (Wildman–Crippen LogP) is 10.4. The van der Waals surface area contributed by atoms with Crippen LogP contribution >= 0.6 is 0 Å². The number of ether oxygens (including phenoxy) is 4. The molecule has 9 nitrogen and oxygen atoms in total. The molecular formula is C43H36N2O7. The van der Waals surface area contributed by atoms with E-state index >= 15 is 0 Å². The predicted molar refractivity (Wildman–Crippen MR) is 199 cm³/mol. The van der Waals surface area contributed by atoms with Crippen LogP contribution in [0.5, 0.6) is 0 Å². The number of rotatable bonds is 12. The molecular weight excluding hydrogens is 656 g/mol. The Balaban J connectivity index is 0.927. The summed E-state index contributed by atoms with van der Waals surface area (Å²) in [7, 11) is 0. The van der Waals surface area contributed by atoms with Crippen molar-refractivity contribution in [3.8, 4) is 22.3 Å². The summed E-state index contributed by atoms with van der Waals surface area (Å²) in [4.78, 5) is 36.9. The normalized spacial score (nSPS) is 10.5. The van der Waals surface area contributed by atoms with E-state index in [1.807, 2.05) is 146 Å². The summed E-state index contributed by atoms with van der Waals surface area (Å²) in [6.07, 6.45) is -1.84. The molecule has 0 radical (unpaired) electrons. The summed E-state index contributed by atoms with van der Waals surface area (Å²) in [5.74, 6) is 0. The highest BCUT2D eigenvalue weighted by Gasteiger charge is 2.10. The lowest BCUT2D eigenvalue weighted by Crippen LogP contribution is -2.13. The van der Waals surface area contributed by atoms with Gasteiger partial charge >= 0.3 is 18.3 Å². The Bertz CT molecular complexity index is 1930. The number of hydrogen-bond acceptors (Lipinski definition) is 7. The Morgan fingerprint density at radius 3 is 1.13 bits per heavy atom. The van der Waals surface area contributed by atoms with Gasteiger partial charge in [0, 0.05) is 11.4 Å². The molecule has 2 amide bonds. The van der Waals surface area contributed by atoms with E-state index in [2.05, 4.69) is 10.6 Å². The summed E-state index contributed by atoms with van der Waals surface area (Å²) < 4.78 is 21.3. The Hall–Kier alpha value is -6.87. The van der Waals surface area contributed by atoms with Crippen LogP contribution in [0.4, 0.5) is 25.8 Å². The molecule has 0 atom stereocenters. The second-order valence-corrected chi connectivity index (χ2v) is 11.8. The SMILES string of the molecule is O=C(Nc1cccc(-c2ccc(COC(=O)OCc3ccc(-c4cccc(NC(=O)OCc5ccccc5)c4)cc3)cc2)c1)OCc1ccccc1. The number of hydrogen-bond donors (Lipinski definition) is 2. The van der Waals surface area contributed by atoms with Gasteiger partial charge in [-0.15, -0.1) is 0 Å². The third-order valence-electron chi connectivity index (χ3n) is 7.93. The van der Waals surface area contributed by atoms with Crippen LogP contribution in [0.25, 0.3) is 22.3 Å². The molecule has 0 bridgehead atoms. The second kappa shape index (κ2) is 17.7. The van der Waals surface area contributed by atoms with E-state index in [0.29, 0.717) is 11.4 Å². The molecule has 6 aromatic rings. The van der Waals surface area contributed by atoms with Crippen molar-refractivity contribution in [1.82, 2.24) is 0 Å². The lowest BCUT2D eigenvalue weighted by atomic mass is 10.0. The molecule has 9 heteroatoms. The van der Waals surface area contributed by atoms with E-state index in [9.17, 15) is 14.4 Å². The topological polar surface area (TPSA) is 112 Å². The van der Waals surface area contributed by atoms with Crippen LogP contribution in [0.2, 0.25) is 0 Å². The smallest absolute Gasteiger partial charge is 0.444 e. The van der Waals surface area contributed by atoms with Crippen LogP contribution in [0.1, 0.15) is 22.3 Å². The zero-order valence-corrected chi connectivity index (χ0v) is 28.2. The fraction of sp³-hybridized carbons (Fsp3) is 0.0930. The number of amides is 2. The molecule has 6 aromatic carbocycles. The summed E-state index contributed by atoms with van der Waals surface area (Å²) in [5, 5.41) is 5.53. The molecule has 0 fully saturated rings. The van der Waals surface area contributed by atoms with Gasteiger partial charge in [0.15, 0.2) is 0 Å². The fourth-order valence-corrected chi connectivity index (χ4v) is 5.22. The van der Waals surface area contributed by atoms with Gasteiger partial charge in [-0.25, -0.2) is 14.4 Å². The monoisotopic (exact) mass is 692 g/mol. The van der Waals surface area contributed by atoms with Crippen molar-refractivity contribution in [1.29, 1.82) is 0 Å². The standard InChI is InChI=1S/C43H36N2O7/c46-41(49-27-31-9-3-1-4-10-31)44-39-15-7-13-37(25-39)35-21-17-33(18-22-35)29-51-43(48)52-30-34-19-23-36(24-20-34)38-14-8-16-40(26-38)45-42(47)50-28-32-11-5-2-6-12-32/h1-26H,27-30H2,(H,44,46)(H,45,47). The van der Waals surface area contributed by atoms with Crippen molar-refractivity contribution in [3.05, 3.63) is 180 Å². The minimum atomic E-state index is -0.774. The first-order chi connectivity index (χ1) is 25.5. The van der Waals surface area contributed by atoms with Gasteiger partial charge in [-0.3, -0.25) is 10.6 Å². The molecule has 0 aliphatic heterocycles. The van der Waals surface area contributed by atoms with Gasteiger partial charge in [0.2, 0.25) is 0 Å². The van der Waals surface area contributed by atoms with Crippen molar-refractivity contribution < 1.29 is 33.3 Å². The molecule has 260 valence electrons. The number of carbonyl (C=O) groups excluding carboxylic acids is 3. The summed E-state index contributed by atoms with van der Waals surface area (Å²) in [6, 6.07) is 49.0. The summed E-state index contributed by atoms with van der Waals surface area (Å²) in [6.45, 7) is 0.474. The minimum Gasteiger partial charge on any atom is -0.444 e. The fourth-order valence-electron chi connectivity index (χ4n) is 5.22. The third kappa shape index (κ3) is 10.6. The first kappa shape index (κ1) is 35.0. The Morgan fingerprint density at radius 2 is 0.731 bits per heavy atom. The Kier molecular flexibility index (Phi) is 11.9. The lowest BCUT2D eigenvalue weighted by Gasteiger charge is -2.10. The van der Waals surface area contributed by atoms with Crippen LogP contribution in [0, 0.1) is 0 Å². The molecule has 6 rings (SSSR count). The highest BCUT2D eigenvalue weighted by Crippen LogP contribution is 2.25. The van der Waals surface area contributed by atoms with Gasteiger partial charge in [-0.05, 0) is 68.8 Å². The second-order valence-electron chi connectivity index (χ2n) is 11.8. The van der Waals surface area contributed by atoms with Crippen LogP contribution in [-0.2, 0) is 45.4 Å². The first-order valence-corrected chi connectivity index (χ1v) is 16.6. The maximum Gasteiger partial charge on any atom is 0.508 e. The van der Waals surface area contributed by atoms with E-state index in [1.54, 1.807) is 12.1 Å². The van der Waals surface area contributed by atoms with Crippen molar-refractivity contribution in [2.75, 3.05) is 10.6 Å². The number of carbonyl (C=O) groups is 3. The van der Waals surface area contributed by atoms with E-state index in [0.717, 1.165) is 44.5 Å². The van der Waals surface area contributed by atoms with Crippen LogP contribution in [-0.4, -0.2) is 18.3 Å². The first-order valence-electron chi connectivity index (χ1n) is 16.6. The van der Waals surface area contributed by atoms with E-state index < -0.39 is 18.3 Å². The van der Waals surface area contributed by atoms with E-state index in [-0.39, 0.29) is 26.4 Å². The molecule has 0 saturated heterocycles. The molecule has 0 spiro atoms. The lowest BCUT2D eigenvalue weighted by molar-refractivity contribution is 0.0446. The van der Waals surface area contributed by atoms with E-state index in [1.165, 1.54) is 0 Å². The van der Waals surface area contributed by atoms with Gasteiger partial charge in [0.05, 0.1) is 0 Å². The van der Waals surface area contributed by atoms with Crippen LogP contribution < -0.4 is 10.6 Å². The number of nitrogens with one attached hydrogen (secondary N) is 2. The van der Waals surface area contributed by atoms with Gasteiger partial charge in [-0.2, -0.15) is 0 Å². The molecule has 0 saturated carbocycles. The van der Waals surface area contributed by atoms with Gasteiger partial charge in [-0.1, -0.05) is 133 Å². The molecule has 0 heterocycles. The van der Waals surface area contributed by atoms with Crippen molar-refractivity contribution in [3.63, 3.8) is 0 Å². The van der Waals surface area contributed by atoms with Gasteiger partial charge < -0.3 is 18.9 Å². The van der Waals surface area contributed by atoms with Crippen LogP contribution in [0.3, 0.4) is 0 Å². The zero-order valence-electron chi connectivity index (χ0n) is 28.2. The quantitative estimate of drug-likeness (QED) is 0.0969. The molecule has 52 heavy (non-hydrogen) atoms. The number of benzene rings is 6. The third-order valence-corrected chi connectivity index (χ3v) is 7.93. The van der Waals surface area contributed by atoms with Crippen LogP contribution in [0.15, 0.2) is 158 Å². The summed E-state index contributed by atoms with van der Waals surface area (Å²) >= 11 is 0. The Labute approximate surface area is 301 Å². The van der Waals surface area contributed by atoms with Gasteiger partial charge in [0.1, 0.15) is 26.4 Å². The number of anilines is 2. The maximum absolute atomic E-state index is 12.3. The average molecular weight is 693 g/mol. The minimum absolute atomic E-state index is 0.0527. The van der Waals surface area contributed by atoms with Crippen molar-refractivity contribution in [2.24, 2.45) is 0 Å². The molecule has 2 N–H and O–H groups in total. The largest absolute Gasteiger partial charge is 0.508 e. The van der Waals surface area contributed by atoms with E-state index in [4.69, 9.17) is 18.9 Å². The Morgan fingerprint density at radius 1 is 0.365 bits per heavy atom.